The molecule has 2 aliphatic rings. The molecule has 0 radical (unpaired) electrons. The van der Waals surface area contributed by atoms with E-state index in [2.05, 4.69) is 18.8 Å². The molecular formula is C20H29N3O3. The summed E-state index contributed by atoms with van der Waals surface area (Å²) in [6, 6.07) is 3.82. The zero-order valence-electron chi connectivity index (χ0n) is 15.9. The van der Waals surface area contributed by atoms with Gasteiger partial charge in [-0.1, -0.05) is 19.9 Å². The van der Waals surface area contributed by atoms with Crippen LogP contribution in [0.1, 0.15) is 44.4 Å². The predicted octanol–water partition coefficient (Wildman–Crippen LogP) is 1.70. The molecular weight excluding hydrogens is 330 g/mol. The van der Waals surface area contributed by atoms with E-state index in [4.69, 9.17) is 0 Å². The smallest absolute Gasteiger partial charge is 0.227 e. The monoisotopic (exact) mass is 359 g/mol. The van der Waals surface area contributed by atoms with Crippen LogP contribution in [0.5, 0.6) is 0 Å². The van der Waals surface area contributed by atoms with Crippen molar-refractivity contribution in [1.29, 1.82) is 0 Å². The van der Waals surface area contributed by atoms with Crippen molar-refractivity contribution in [2.75, 3.05) is 26.2 Å². The Labute approximate surface area is 155 Å². The van der Waals surface area contributed by atoms with E-state index in [1.165, 1.54) is 0 Å². The molecule has 0 bridgehead atoms. The van der Waals surface area contributed by atoms with Crippen LogP contribution < -0.4 is 0 Å². The fraction of sp³-hybridized carbons (Fsp3) is 0.650. The number of aromatic nitrogens is 1. The number of aryl methyl sites for hydroxylation is 1. The summed E-state index contributed by atoms with van der Waals surface area (Å²) in [6.07, 6.45) is 3.03. The maximum atomic E-state index is 12.8. The summed E-state index contributed by atoms with van der Waals surface area (Å²) in [5.74, 6) is 0.280. The predicted molar refractivity (Wildman–Crippen MR) is 98.2 cm³/mol. The number of carbonyl (C=O) groups is 2. The standard InChI is InChI=1S/C20H29N3O3/c1-14(2)12-23-13-16(10-18(23)24)19(25)22-8-6-20(26,7-9-22)17-5-4-15(3)11-21-17/h4-5,11,14,16,26H,6-10,12-13H2,1-3H3/t16-/m1/s1. The number of amides is 2. The van der Waals surface area contributed by atoms with Gasteiger partial charge in [-0.3, -0.25) is 14.6 Å². The van der Waals surface area contributed by atoms with Crippen molar-refractivity contribution >= 4 is 11.8 Å². The lowest BCUT2D eigenvalue weighted by Crippen LogP contribution is -2.47. The summed E-state index contributed by atoms with van der Waals surface area (Å²) in [5, 5.41) is 10.9. The topological polar surface area (TPSA) is 73.7 Å². The SMILES string of the molecule is Cc1ccc(C2(O)CCN(C(=O)[C@@H]3CC(=O)N(CC(C)C)C3)CC2)nc1. The summed E-state index contributed by atoms with van der Waals surface area (Å²) in [4.78, 5) is 32.9. The van der Waals surface area contributed by atoms with Crippen molar-refractivity contribution in [2.45, 2.75) is 45.6 Å². The van der Waals surface area contributed by atoms with Crippen LogP contribution in [-0.2, 0) is 15.2 Å². The van der Waals surface area contributed by atoms with Crippen LogP contribution >= 0.6 is 0 Å². The molecule has 1 N–H and O–H groups in total. The number of nitrogens with zero attached hydrogens (tertiary/aromatic N) is 3. The minimum atomic E-state index is -0.973. The van der Waals surface area contributed by atoms with E-state index in [9.17, 15) is 14.7 Å². The van der Waals surface area contributed by atoms with Crippen molar-refractivity contribution in [2.24, 2.45) is 11.8 Å². The lowest BCUT2D eigenvalue weighted by molar-refractivity contribution is -0.140. The van der Waals surface area contributed by atoms with Crippen LogP contribution in [0.3, 0.4) is 0 Å². The van der Waals surface area contributed by atoms with Crippen molar-refractivity contribution < 1.29 is 14.7 Å². The molecule has 2 saturated heterocycles. The van der Waals surface area contributed by atoms with Crippen LogP contribution in [0.15, 0.2) is 18.3 Å². The number of hydrogen-bond donors (Lipinski definition) is 1. The van der Waals surface area contributed by atoms with E-state index in [1.54, 1.807) is 11.1 Å². The van der Waals surface area contributed by atoms with Gasteiger partial charge in [0.15, 0.2) is 0 Å². The summed E-state index contributed by atoms with van der Waals surface area (Å²) in [6.45, 7) is 8.35. The first-order chi connectivity index (χ1) is 12.3. The molecule has 0 spiro atoms. The molecule has 0 unspecified atom stereocenters. The number of carbonyl (C=O) groups excluding carboxylic acids is 2. The molecule has 142 valence electrons. The number of aliphatic hydroxyl groups is 1. The zero-order valence-corrected chi connectivity index (χ0v) is 15.9. The van der Waals surface area contributed by atoms with Gasteiger partial charge in [0, 0.05) is 38.8 Å². The molecule has 0 aromatic carbocycles. The first-order valence-electron chi connectivity index (χ1n) is 9.50. The van der Waals surface area contributed by atoms with Gasteiger partial charge in [-0.15, -0.1) is 0 Å². The largest absolute Gasteiger partial charge is 0.383 e. The molecule has 6 nitrogen and oxygen atoms in total. The Morgan fingerprint density at radius 2 is 2.04 bits per heavy atom. The van der Waals surface area contributed by atoms with Crippen molar-refractivity contribution in [1.82, 2.24) is 14.8 Å². The van der Waals surface area contributed by atoms with E-state index in [-0.39, 0.29) is 17.7 Å². The first kappa shape index (κ1) is 18.8. The summed E-state index contributed by atoms with van der Waals surface area (Å²) < 4.78 is 0. The number of likely N-dealkylation sites (tertiary alicyclic amines) is 2. The van der Waals surface area contributed by atoms with Gasteiger partial charge < -0.3 is 14.9 Å². The van der Waals surface area contributed by atoms with Gasteiger partial charge in [0.05, 0.1) is 11.6 Å². The Morgan fingerprint density at radius 1 is 1.35 bits per heavy atom. The van der Waals surface area contributed by atoms with Gasteiger partial charge in [0.2, 0.25) is 11.8 Å². The maximum absolute atomic E-state index is 12.8. The fourth-order valence-electron chi connectivity index (χ4n) is 3.91. The van der Waals surface area contributed by atoms with Crippen LogP contribution in [0, 0.1) is 18.8 Å². The molecule has 0 aliphatic carbocycles. The lowest BCUT2D eigenvalue weighted by atomic mass is 9.87. The third-order valence-electron chi connectivity index (χ3n) is 5.44. The molecule has 2 amide bonds. The van der Waals surface area contributed by atoms with Gasteiger partial charge >= 0.3 is 0 Å². The third-order valence-corrected chi connectivity index (χ3v) is 5.44. The van der Waals surface area contributed by atoms with E-state index >= 15 is 0 Å². The average molecular weight is 359 g/mol. The third kappa shape index (κ3) is 3.90. The number of piperidine rings is 1. The molecule has 3 heterocycles. The van der Waals surface area contributed by atoms with Crippen LogP contribution in [0.4, 0.5) is 0 Å². The van der Waals surface area contributed by atoms with Crippen molar-refractivity contribution in [3.63, 3.8) is 0 Å². The summed E-state index contributed by atoms with van der Waals surface area (Å²) in [5.41, 5.74) is 0.760. The molecule has 1 aromatic rings. The Morgan fingerprint density at radius 3 is 2.62 bits per heavy atom. The summed E-state index contributed by atoms with van der Waals surface area (Å²) >= 11 is 0. The fourth-order valence-corrected chi connectivity index (χ4v) is 3.91. The van der Waals surface area contributed by atoms with E-state index in [0.717, 1.165) is 5.56 Å². The molecule has 1 atom stereocenters. The second-order valence-corrected chi connectivity index (χ2v) is 8.17. The molecule has 2 aliphatic heterocycles. The average Bonchev–Trinajstić information content (AvgIpc) is 2.95. The van der Waals surface area contributed by atoms with Crippen LogP contribution in [0.2, 0.25) is 0 Å². The van der Waals surface area contributed by atoms with Gasteiger partial charge in [-0.05, 0) is 37.3 Å². The normalized spacial score (nSPS) is 23.0. The van der Waals surface area contributed by atoms with Gasteiger partial charge in [-0.2, -0.15) is 0 Å². The Bertz CT molecular complexity index is 663. The van der Waals surface area contributed by atoms with Crippen molar-refractivity contribution in [3.05, 3.63) is 29.6 Å². The number of pyridine rings is 1. The zero-order chi connectivity index (χ0) is 18.9. The number of hydrogen-bond acceptors (Lipinski definition) is 4. The van der Waals surface area contributed by atoms with Crippen LogP contribution in [0.25, 0.3) is 0 Å². The van der Waals surface area contributed by atoms with Crippen molar-refractivity contribution in [3.8, 4) is 0 Å². The van der Waals surface area contributed by atoms with E-state index in [1.807, 2.05) is 24.0 Å². The Kier molecular flexibility index (Phi) is 5.32. The highest BCUT2D eigenvalue weighted by atomic mass is 16.3. The summed E-state index contributed by atoms with van der Waals surface area (Å²) in [7, 11) is 0. The Balaban J connectivity index is 1.59. The quantitative estimate of drug-likeness (QED) is 0.888. The molecule has 3 rings (SSSR count). The molecule has 1 aromatic heterocycles. The van der Waals surface area contributed by atoms with E-state index < -0.39 is 5.60 Å². The van der Waals surface area contributed by atoms with Gasteiger partial charge in [-0.25, -0.2) is 0 Å². The molecule has 2 fully saturated rings. The first-order valence-corrected chi connectivity index (χ1v) is 9.50. The van der Waals surface area contributed by atoms with Crippen LogP contribution in [-0.4, -0.2) is 57.9 Å². The molecule has 0 saturated carbocycles. The highest BCUT2D eigenvalue weighted by molar-refractivity contribution is 5.89. The van der Waals surface area contributed by atoms with Gasteiger partial charge in [0.25, 0.3) is 0 Å². The highest BCUT2D eigenvalue weighted by Crippen LogP contribution is 2.33. The maximum Gasteiger partial charge on any atom is 0.227 e. The Hall–Kier alpha value is -1.95. The lowest BCUT2D eigenvalue weighted by Gasteiger charge is -2.38. The van der Waals surface area contributed by atoms with Gasteiger partial charge in [0.1, 0.15) is 5.60 Å². The molecule has 6 heteroatoms. The number of rotatable bonds is 4. The second kappa shape index (κ2) is 7.35. The molecule has 26 heavy (non-hydrogen) atoms. The minimum absolute atomic E-state index is 0.0449. The second-order valence-electron chi connectivity index (χ2n) is 8.17. The minimum Gasteiger partial charge on any atom is -0.383 e. The van der Waals surface area contributed by atoms with E-state index in [0.29, 0.717) is 57.1 Å². The highest BCUT2D eigenvalue weighted by Gasteiger charge is 2.41.